The standard InChI is InChI=1S/C10H20S4/c11-3-7-1-2-8(4-12)10(6-14)9(7)5-13/h7-14H,1-6H2. The minimum absolute atomic E-state index is 0.694. The summed E-state index contributed by atoms with van der Waals surface area (Å²) in [6, 6.07) is 0. The maximum Gasteiger partial charge on any atom is -0.00635 e. The molecule has 0 saturated heterocycles. The van der Waals surface area contributed by atoms with Crippen LogP contribution in [-0.2, 0) is 0 Å². The highest BCUT2D eigenvalue weighted by atomic mass is 32.1. The summed E-state index contributed by atoms with van der Waals surface area (Å²) in [6.45, 7) is 0. The lowest BCUT2D eigenvalue weighted by molar-refractivity contribution is 0.151. The molecule has 0 aromatic carbocycles. The van der Waals surface area contributed by atoms with E-state index in [1.165, 1.54) is 12.8 Å². The molecule has 0 amide bonds. The quantitative estimate of drug-likeness (QED) is 0.554. The Labute approximate surface area is 110 Å². The predicted octanol–water partition coefficient (Wildman–Crippen LogP) is 2.96. The van der Waals surface area contributed by atoms with Crippen molar-refractivity contribution in [3.05, 3.63) is 0 Å². The fraction of sp³-hybridized carbons (Fsp3) is 1.00. The molecule has 1 aliphatic rings. The molecule has 1 saturated carbocycles. The Balaban J connectivity index is 2.67. The molecule has 0 aromatic rings. The van der Waals surface area contributed by atoms with Crippen molar-refractivity contribution >= 4 is 50.5 Å². The van der Waals surface area contributed by atoms with E-state index in [1.54, 1.807) is 0 Å². The second-order valence-electron chi connectivity index (χ2n) is 4.16. The van der Waals surface area contributed by atoms with E-state index in [0.29, 0.717) is 11.8 Å². The molecule has 0 aliphatic heterocycles. The molecular weight excluding hydrogens is 248 g/mol. The summed E-state index contributed by atoms with van der Waals surface area (Å²) in [5, 5.41) is 0. The zero-order valence-corrected chi connectivity index (χ0v) is 11.9. The van der Waals surface area contributed by atoms with Gasteiger partial charge in [-0.05, 0) is 59.5 Å². The van der Waals surface area contributed by atoms with Crippen LogP contribution >= 0.6 is 50.5 Å². The molecular formula is C10H20S4. The van der Waals surface area contributed by atoms with Crippen LogP contribution < -0.4 is 0 Å². The zero-order chi connectivity index (χ0) is 10.6. The summed E-state index contributed by atoms with van der Waals surface area (Å²) in [7, 11) is 0. The van der Waals surface area contributed by atoms with E-state index in [4.69, 9.17) is 0 Å². The minimum atomic E-state index is 0.694. The summed E-state index contributed by atoms with van der Waals surface area (Å²) < 4.78 is 0. The predicted molar refractivity (Wildman–Crippen MR) is 78.6 cm³/mol. The van der Waals surface area contributed by atoms with Crippen LogP contribution in [0.15, 0.2) is 0 Å². The van der Waals surface area contributed by atoms with Gasteiger partial charge in [-0.3, -0.25) is 0 Å². The SMILES string of the molecule is SCC1CCC(CS)C(CS)C1CS. The third-order valence-corrected chi connectivity index (χ3v) is 5.34. The molecule has 1 aliphatic carbocycles. The molecule has 14 heavy (non-hydrogen) atoms. The van der Waals surface area contributed by atoms with Crippen molar-refractivity contribution in [3.63, 3.8) is 0 Å². The third kappa shape index (κ3) is 2.96. The number of hydrogen-bond acceptors (Lipinski definition) is 4. The Morgan fingerprint density at radius 2 is 1.00 bits per heavy atom. The van der Waals surface area contributed by atoms with E-state index < -0.39 is 0 Å². The number of hydrogen-bond donors (Lipinski definition) is 4. The first-order valence-corrected chi connectivity index (χ1v) is 7.74. The molecule has 1 fully saturated rings. The van der Waals surface area contributed by atoms with Crippen molar-refractivity contribution in [1.29, 1.82) is 0 Å². The van der Waals surface area contributed by atoms with Crippen molar-refractivity contribution in [2.45, 2.75) is 12.8 Å². The second-order valence-corrected chi connectivity index (χ2v) is 5.62. The molecule has 4 unspecified atom stereocenters. The molecule has 4 atom stereocenters. The molecule has 84 valence electrons. The van der Waals surface area contributed by atoms with Gasteiger partial charge in [-0.15, -0.1) is 0 Å². The smallest absolute Gasteiger partial charge is 0.00635 e. The van der Waals surface area contributed by atoms with Crippen LogP contribution in [0.3, 0.4) is 0 Å². The average molecular weight is 269 g/mol. The van der Waals surface area contributed by atoms with Crippen LogP contribution in [0.4, 0.5) is 0 Å². The van der Waals surface area contributed by atoms with E-state index in [9.17, 15) is 0 Å². The van der Waals surface area contributed by atoms with Crippen molar-refractivity contribution in [1.82, 2.24) is 0 Å². The molecule has 0 spiro atoms. The van der Waals surface area contributed by atoms with E-state index >= 15 is 0 Å². The van der Waals surface area contributed by atoms with Crippen molar-refractivity contribution in [2.24, 2.45) is 23.7 Å². The van der Waals surface area contributed by atoms with Crippen molar-refractivity contribution in [3.8, 4) is 0 Å². The lowest BCUT2D eigenvalue weighted by Gasteiger charge is -2.41. The Morgan fingerprint density at radius 3 is 1.21 bits per heavy atom. The first-order chi connectivity index (χ1) is 6.78. The van der Waals surface area contributed by atoms with Gasteiger partial charge >= 0.3 is 0 Å². The number of thiol groups is 4. The summed E-state index contributed by atoms with van der Waals surface area (Å²) in [6.07, 6.45) is 2.59. The van der Waals surface area contributed by atoms with Crippen LogP contribution in [-0.4, -0.2) is 23.0 Å². The van der Waals surface area contributed by atoms with Crippen LogP contribution in [0, 0.1) is 23.7 Å². The van der Waals surface area contributed by atoms with Crippen LogP contribution in [0.1, 0.15) is 12.8 Å². The first kappa shape index (κ1) is 13.5. The second kappa shape index (κ2) is 6.87. The van der Waals surface area contributed by atoms with E-state index in [-0.39, 0.29) is 0 Å². The van der Waals surface area contributed by atoms with Gasteiger partial charge in [-0.2, -0.15) is 50.5 Å². The van der Waals surface area contributed by atoms with E-state index in [0.717, 1.165) is 34.8 Å². The van der Waals surface area contributed by atoms with Crippen molar-refractivity contribution < 1.29 is 0 Å². The monoisotopic (exact) mass is 268 g/mol. The highest BCUT2D eigenvalue weighted by Crippen LogP contribution is 2.41. The highest BCUT2D eigenvalue weighted by Gasteiger charge is 2.36. The van der Waals surface area contributed by atoms with Crippen molar-refractivity contribution in [2.75, 3.05) is 23.0 Å². The summed E-state index contributed by atoms with van der Waals surface area (Å²) in [5.41, 5.74) is 0. The maximum absolute atomic E-state index is 4.48. The molecule has 0 aromatic heterocycles. The van der Waals surface area contributed by atoms with Gasteiger partial charge in [0.25, 0.3) is 0 Å². The summed E-state index contributed by atoms with van der Waals surface area (Å²) in [4.78, 5) is 0. The Hall–Kier alpha value is 1.40. The van der Waals surface area contributed by atoms with Crippen LogP contribution in [0.25, 0.3) is 0 Å². The van der Waals surface area contributed by atoms with Crippen LogP contribution in [0.2, 0.25) is 0 Å². The molecule has 0 radical (unpaired) electrons. The topological polar surface area (TPSA) is 0 Å². The lowest BCUT2D eigenvalue weighted by Crippen LogP contribution is -2.38. The average Bonchev–Trinajstić information content (AvgIpc) is 2.26. The zero-order valence-electron chi connectivity index (χ0n) is 8.34. The molecule has 0 nitrogen and oxygen atoms in total. The maximum atomic E-state index is 4.48. The largest absolute Gasteiger partial charge is 0.179 e. The highest BCUT2D eigenvalue weighted by molar-refractivity contribution is 7.81. The van der Waals surface area contributed by atoms with E-state index in [2.05, 4.69) is 50.5 Å². The molecule has 4 heteroatoms. The molecule has 0 N–H and O–H groups in total. The lowest BCUT2D eigenvalue weighted by atomic mass is 9.69. The van der Waals surface area contributed by atoms with Gasteiger partial charge in [-0.1, -0.05) is 0 Å². The van der Waals surface area contributed by atoms with Gasteiger partial charge in [0.05, 0.1) is 0 Å². The first-order valence-electron chi connectivity index (χ1n) is 5.21. The van der Waals surface area contributed by atoms with Gasteiger partial charge in [0.2, 0.25) is 0 Å². The Morgan fingerprint density at radius 1 is 0.643 bits per heavy atom. The fourth-order valence-electron chi connectivity index (χ4n) is 2.58. The Kier molecular flexibility index (Phi) is 6.61. The summed E-state index contributed by atoms with van der Waals surface area (Å²) >= 11 is 17.8. The normalized spacial score (nSPS) is 38.6. The fourth-order valence-corrected chi connectivity index (χ4v) is 4.62. The van der Waals surface area contributed by atoms with Crippen LogP contribution in [0.5, 0.6) is 0 Å². The molecule has 1 rings (SSSR count). The molecule has 0 bridgehead atoms. The Bertz CT molecular complexity index is 144. The van der Waals surface area contributed by atoms with Gasteiger partial charge in [-0.25, -0.2) is 0 Å². The van der Waals surface area contributed by atoms with Gasteiger partial charge in [0.15, 0.2) is 0 Å². The third-order valence-electron chi connectivity index (χ3n) is 3.56. The molecule has 0 heterocycles. The van der Waals surface area contributed by atoms with Gasteiger partial charge in [0.1, 0.15) is 0 Å². The van der Waals surface area contributed by atoms with E-state index in [1.807, 2.05) is 0 Å². The number of rotatable bonds is 4. The summed E-state index contributed by atoms with van der Waals surface area (Å²) in [5.74, 6) is 6.80. The van der Waals surface area contributed by atoms with Gasteiger partial charge in [0, 0.05) is 0 Å². The minimum Gasteiger partial charge on any atom is -0.179 e. The van der Waals surface area contributed by atoms with Gasteiger partial charge < -0.3 is 0 Å².